The Kier molecular flexibility index (Phi) is 4.96. The van der Waals surface area contributed by atoms with Crippen molar-refractivity contribution in [2.45, 2.75) is 4.90 Å². The summed E-state index contributed by atoms with van der Waals surface area (Å²) in [6.45, 7) is 0. The summed E-state index contributed by atoms with van der Waals surface area (Å²) in [5.74, 6) is 0.0315. The molecule has 23 heavy (non-hydrogen) atoms. The van der Waals surface area contributed by atoms with E-state index in [2.05, 4.69) is 15.0 Å². The van der Waals surface area contributed by atoms with Gasteiger partial charge in [0.25, 0.3) is 16.0 Å². The Hall–Kier alpha value is -2.46. The van der Waals surface area contributed by atoms with Crippen LogP contribution in [0.1, 0.15) is 0 Å². The minimum absolute atomic E-state index is 0.0241. The maximum absolute atomic E-state index is 12.7. The van der Waals surface area contributed by atoms with Crippen LogP contribution in [0.15, 0.2) is 35.2 Å². The molecule has 0 atom stereocenters. The van der Waals surface area contributed by atoms with E-state index in [1.807, 2.05) is 0 Å². The molecule has 0 fully saturated rings. The molecule has 1 aromatic carbocycles. The van der Waals surface area contributed by atoms with Crippen molar-refractivity contribution >= 4 is 21.9 Å². The van der Waals surface area contributed by atoms with Crippen LogP contribution in [0.4, 0.5) is 11.9 Å². The van der Waals surface area contributed by atoms with Crippen LogP contribution in [-0.2, 0) is 14.9 Å². The number of sulfonamides is 1. The molecule has 2 aromatic rings. The van der Waals surface area contributed by atoms with E-state index in [0.717, 1.165) is 0 Å². The molecule has 1 aromatic heterocycles. The van der Waals surface area contributed by atoms with Gasteiger partial charge in [-0.15, -0.1) is 4.47 Å². The number of ether oxygens (including phenoxy) is 1. The first-order valence-corrected chi connectivity index (χ1v) is 7.96. The van der Waals surface area contributed by atoms with E-state index in [0.29, 0.717) is 4.47 Å². The lowest BCUT2D eigenvalue weighted by atomic mass is 10.4. The minimum atomic E-state index is -3.99. The summed E-state index contributed by atoms with van der Waals surface area (Å²) in [4.78, 5) is 18.7. The van der Waals surface area contributed by atoms with Gasteiger partial charge in [0.1, 0.15) is 0 Å². The predicted molar refractivity (Wildman–Crippen MR) is 83.8 cm³/mol. The first-order valence-electron chi connectivity index (χ1n) is 6.52. The van der Waals surface area contributed by atoms with Gasteiger partial charge in [0.05, 0.1) is 19.1 Å². The number of anilines is 2. The highest BCUT2D eigenvalue weighted by molar-refractivity contribution is 7.92. The summed E-state index contributed by atoms with van der Waals surface area (Å²) in [6, 6.07) is 7.81. The van der Waals surface area contributed by atoms with Crippen molar-refractivity contribution in [3.63, 3.8) is 0 Å². The van der Waals surface area contributed by atoms with E-state index < -0.39 is 10.0 Å². The maximum atomic E-state index is 12.7. The average Bonchev–Trinajstić information content (AvgIpc) is 2.55. The molecule has 2 rings (SSSR count). The fourth-order valence-corrected chi connectivity index (χ4v) is 2.87. The molecule has 0 unspecified atom stereocenters. The average molecular weight is 339 g/mol. The Balaban J connectivity index is 2.55. The van der Waals surface area contributed by atoms with Crippen LogP contribution in [0.25, 0.3) is 0 Å². The van der Waals surface area contributed by atoms with Gasteiger partial charge in [-0.05, 0) is 12.1 Å². The molecule has 10 heteroatoms. The van der Waals surface area contributed by atoms with Crippen molar-refractivity contribution in [1.82, 2.24) is 15.0 Å². The third-order valence-electron chi connectivity index (χ3n) is 2.76. The van der Waals surface area contributed by atoms with Crippen molar-refractivity contribution < 1.29 is 18.0 Å². The molecule has 1 heterocycles. The van der Waals surface area contributed by atoms with Gasteiger partial charge >= 0.3 is 6.01 Å². The van der Waals surface area contributed by atoms with Gasteiger partial charge in [0.2, 0.25) is 5.95 Å². The molecule has 0 saturated heterocycles. The lowest BCUT2D eigenvalue weighted by Crippen LogP contribution is -2.32. The van der Waals surface area contributed by atoms with E-state index in [9.17, 15) is 8.42 Å². The summed E-state index contributed by atoms with van der Waals surface area (Å²) in [7, 11) is 2.02. The fourth-order valence-electron chi connectivity index (χ4n) is 1.68. The molecule has 0 bridgehead atoms. The Morgan fingerprint density at radius 1 is 0.957 bits per heavy atom. The van der Waals surface area contributed by atoms with Gasteiger partial charge in [0, 0.05) is 14.1 Å². The van der Waals surface area contributed by atoms with E-state index in [1.54, 1.807) is 37.2 Å². The molecule has 0 N–H and O–H groups in total. The van der Waals surface area contributed by atoms with Crippen molar-refractivity contribution in [1.29, 1.82) is 0 Å². The van der Waals surface area contributed by atoms with Gasteiger partial charge in [0.15, 0.2) is 0 Å². The summed E-state index contributed by atoms with van der Waals surface area (Å²) in [5, 5.41) is 0. The second kappa shape index (κ2) is 6.75. The van der Waals surface area contributed by atoms with Crippen LogP contribution >= 0.6 is 0 Å². The van der Waals surface area contributed by atoms with E-state index in [-0.39, 0.29) is 22.8 Å². The Morgan fingerprint density at radius 3 is 2.09 bits per heavy atom. The Labute approximate surface area is 134 Å². The number of aromatic nitrogens is 3. The van der Waals surface area contributed by atoms with Crippen molar-refractivity contribution in [3.05, 3.63) is 30.3 Å². The largest absolute Gasteiger partial charge is 0.467 e. The molecule has 9 nitrogen and oxygen atoms in total. The molecule has 124 valence electrons. The van der Waals surface area contributed by atoms with Gasteiger partial charge in [-0.1, -0.05) is 18.2 Å². The first kappa shape index (κ1) is 16.9. The van der Waals surface area contributed by atoms with Crippen LogP contribution in [-0.4, -0.2) is 51.7 Å². The van der Waals surface area contributed by atoms with Crippen LogP contribution in [0, 0.1) is 0 Å². The molecule has 0 saturated carbocycles. The number of nitrogens with zero attached hydrogens (tertiary/aromatic N) is 5. The first-order chi connectivity index (χ1) is 10.9. The highest BCUT2D eigenvalue weighted by Gasteiger charge is 2.29. The highest BCUT2D eigenvalue weighted by atomic mass is 32.2. The van der Waals surface area contributed by atoms with Crippen LogP contribution < -0.4 is 14.1 Å². The monoisotopic (exact) mass is 339 g/mol. The molecule has 0 aliphatic heterocycles. The van der Waals surface area contributed by atoms with Gasteiger partial charge in [-0.3, -0.25) is 4.84 Å². The zero-order chi connectivity index (χ0) is 17.0. The van der Waals surface area contributed by atoms with E-state index >= 15 is 0 Å². The second-order valence-corrected chi connectivity index (χ2v) is 6.30. The Morgan fingerprint density at radius 2 is 1.57 bits per heavy atom. The maximum Gasteiger partial charge on any atom is 0.322 e. The fraction of sp³-hybridized carbons (Fsp3) is 0.308. The summed E-state index contributed by atoms with van der Waals surface area (Å²) in [6.07, 6.45) is 0. The molecular weight excluding hydrogens is 322 g/mol. The number of hydrogen-bond donors (Lipinski definition) is 0. The molecule has 0 aliphatic rings. The molecule has 0 spiro atoms. The van der Waals surface area contributed by atoms with E-state index in [1.165, 1.54) is 26.4 Å². The van der Waals surface area contributed by atoms with Gasteiger partial charge < -0.3 is 9.64 Å². The number of benzene rings is 1. The SMILES string of the molecule is COc1nc(N(C)C)nc(N(OC)S(=O)(=O)c2ccccc2)n1. The highest BCUT2D eigenvalue weighted by Crippen LogP contribution is 2.23. The predicted octanol–water partition coefficient (Wildman–Crippen LogP) is 0.703. The zero-order valence-electron chi connectivity index (χ0n) is 13.2. The van der Waals surface area contributed by atoms with Crippen molar-refractivity contribution in [2.24, 2.45) is 0 Å². The minimum Gasteiger partial charge on any atom is -0.467 e. The van der Waals surface area contributed by atoms with Crippen molar-refractivity contribution in [2.75, 3.05) is 37.7 Å². The molecule has 0 amide bonds. The molecule has 0 radical (unpaired) electrons. The third kappa shape index (κ3) is 3.48. The van der Waals surface area contributed by atoms with Gasteiger partial charge in [-0.2, -0.15) is 23.4 Å². The normalized spacial score (nSPS) is 11.1. The molecular formula is C13H17N5O4S. The lowest BCUT2D eigenvalue weighted by molar-refractivity contribution is 0.210. The quantitative estimate of drug-likeness (QED) is 0.710. The van der Waals surface area contributed by atoms with E-state index in [4.69, 9.17) is 9.57 Å². The lowest BCUT2D eigenvalue weighted by Gasteiger charge is -2.20. The Bertz CT molecular complexity index is 767. The van der Waals surface area contributed by atoms with Crippen molar-refractivity contribution in [3.8, 4) is 6.01 Å². The summed E-state index contributed by atoms with van der Waals surface area (Å²) in [5.41, 5.74) is 0. The summed E-state index contributed by atoms with van der Waals surface area (Å²) < 4.78 is 31.0. The zero-order valence-corrected chi connectivity index (χ0v) is 14.0. The van der Waals surface area contributed by atoms with Crippen LogP contribution in [0.3, 0.4) is 0 Å². The number of methoxy groups -OCH3 is 1. The van der Waals surface area contributed by atoms with Crippen LogP contribution in [0.5, 0.6) is 6.01 Å². The standard InChI is InChI=1S/C13H17N5O4S/c1-17(2)11-14-12(16-13(15-11)21-3)18(22-4)23(19,20)10-8-6-5-7-9-10/h5-9H,1-4H3. The van der Waals surface area contributed by atoms with Gasteiger partial charge in [-0.25, -0.2) is 0 Å². The smallest absolute Gasteiger partial charge is 0.322 e. The van der Waals surface area contributed by atoms with Crippen LogP contribution in [0.2, 0.25) is 0 Å². The second-order valence-electron chi connectivity index (χ2n) is 4.54. The number of rotatable bonds is 6. The summed E-state index contributed by atoms with van der Waals surface area (Å²) >= 11 is 0. The third-order valence-corrected chi connectivity index (χ3v) is 4.38. The molecule has 0 aliphatic carbocycles. The topological polar surface area (TPSA) is 97.7 Å². The number of hydrogen-bond acceptors (Lipinski definition) is 8.